The van der Waals surface area contributed by atoms with Gasteiger partial charge in [0.25, 0.3) is 0 Å². The van der Waals surface area contributed by atoms with E-state index in [1.54, 1.807) is 0 Å². The molecule has 0 aromatic carbocycles. The van der Waals surface area contributed by atoms with E-state index in [1.807, 2.05) is 0 Å². The Morgan fingerprint density at radius 3 is 1.41 bits per heavy atom. The molecule has 0 aliphatic heterocycles. The first-order valence-corrected chi connectivity index (χ1v) is 17.2. The zero-order valence-electron chi connectivity index (χ0n) is 23.3. The molecule has 0 fully saturated rings. The highest BCUT2D eigenvalue weighted by atomic mass is 28.4. The van der Waals surface area contributed by atoms with E-state index in [9.17, 15) is 0 Å². The quantitative estimate of drug-likeness (QED) is 0.0975. The van der Waals surface area contributed by atoms with E-state index in [2.05, 4.69) is 41.5 Å². The fourth-order valence-corrected chi connectivity index (χ4v) is 7.52. The van der Waals surface area contributed by atoms with Crippen LogP contribution in [0.15, 0.2) is 0 Å². The summed E-state index contributed by atoms with van der Waals surface area (Å²) in [7, 11) is -2.02. The van der Waals surface area contributed by atoms with Gasteiger partial charge in [0.05, 0.1) is 0 Å². The molecule has 0 aromatic heterocycles. The van der Waals surface area contributed by atoms with E-state index in [4.69, 9.17) is 8.85 Å². The van der Waals surface area contributed by atoms with Crippen molar-refractivity contribution < 1.29 is 8.85 Å². The third-order valence-corrected chi connectivity index (χ3v) is 11.2. The molecule has 0 aromatic rings. The van der Waals surface area contributed by atoms with Gasteiger partial charge in [-0.15, -0.1) is 0 Å². The van der Waals surface area contributed by atoms with Crippen molar-refractivity contribution >= 4 is 8.56 Å². The van der Waals surface area contributed by atoms with Gasteiger partial charge < -0.3 is 8.85 Å². The molecule has 0 rings (SSSR count). The molecular formula is C29H62O2Si. The second-order valence-electron chi connectivity index (χ2n) is 10.1. The van der Waals surface area contributed by atoms with Crippen LogP contribution in [0.1, 0.15) is 157 Å². The summed E-state index contributed by atoms with van der Waals surface area (Å²) in [6, 6.07) is 2.17. The van der Waals surface area contributed by atoms with Crippen LogP contribution in [0.5, 0.6) is 0 Å². The summed E-state index contributed by atoms with van der Waals surface area (Å²) in [5.41, 5.74) is 0. The molecule has 0 saturated carbocycles. The molecule has 0 aliphatic rings. The first-order chi connectivity index (χ1) is 15.6. The van der Waals surface area contributed by atoms with Gasteiger partial charge in [0.15, 0.2) is 0 Å². The Morgan fingerprint density at radius 1 is 0.531 bits per heavy atom. The Labute approximate surface area is 205 Å². The molecule has 3 heteroatoms. The third-order valence-electron chi connectivity index (χ3n) is 7.58. The van der Waals surface area contributed by atoms with Gasteiger partial charge >= 0.3 is 8.56 Å². The van der Waals surface area contributed by atoms with Crippen molar-refractivity contribution in [2.45, 2.75) is 175 Å². The van der Waals surface area contributed by atoms with Gasteiger partial charge in [0, 0.05) is 12.7 Å². The fourth-order valence-electron chi connectivity index (χ4n) is 4.80. The summed E-state index contributed by atoms with van der Waals surface area (Å²) in [5.74, 6) is 0.860. The maximum Gasteiger partial charge on any atom is 0.337 e. The summed E-state index contributed by atoms with van der Waals surface area (Å²) in [6.45, 7) is 14.7. The molecule has 0 radical (unpaired) electrons. The smallest absolute Gasteiger partial charge is 0.337 e. The van der Waals surface area contributed by atoms with Gasteiger partial charge in [0.1, 0.15) is 0 Å². The van der Waals surface area contributed by atoms with Crippen LogP contribution >= 0.6 is 0 Å². The molecule has 0 spiro atoms. The Morgan fingerprint density at radius 2 is 1.00 bits per heavy atom. The lowest BCUT2D eigenvalue weighted by atomic mass is 9.95. The topological polar surface area (TPSA) is 18.5 Å². The largest absolute Gasteiger partial charge is 0.394 e. The van der Waals surface area contributed by atoms with Crippen molar-refractivity contribution in [3.05, 3.63) is 0 Å². The summed E-state index contributed by atoms with van der Waals surface area (Å²) >= 11 is 0. The van der Waals surface area contributed by atoms with Crippen LogP contribution in [-0.4, -0.2) is 21.3 Å². The predicted octanol–water partition coefficient (Wildman–Crippen LogP) is 10.6. The molecular weight excluding hydrogens is 408 g/mol. The Bertz CT molecular complexity index is 366. The zero-order chi connectivity index (χ0) is 23.9. The number of rotatable bonds is 25. The van der Waals surface area contributed by atoms with Crippen LogP contribution in [0, 0.1) is 5.92 Å². The first kappa shape index (κ1) is 32.1. The lowest BCUT2D eigenvalue weighted by molar-refractivity contribution is 0.0971. The lowest BCUT2D eigenvalue weighted by Crippen LogP contribution is -2.44. The second-order valence-corrected chi connectivity index (χ2v) is 13.9. The Hall–Kier alpha value is 0.137. The minimum atomic E-state index is -2.02. The van der Waals surface area contributed by atoms with E-state index >= 15 is 0 Å². The SMILES string of the molecule is CCCCCCCCCCCCCCCO[Si](CC)(CC)OC(CC)CCC(CC)CC. The highest BCUT2D eigenvalue weighted by molar-refractivity contribution is 6.67. The molecule has 194 valence electrons. The summed E-state index contributed by atoms with van der Waals surface area (Å²) in [6.07, 6.45) is 24.8. The summed E-state index contributed by atoms with van der Waals surface area (Å²) in [5, 5.41) is 0. The monoisotopic (exact) mass is 470 g/mol. The maximum atomic E-state index is 6.76. The zero-order valence-corrected chi connectivity index (χ0v) is 24.3. The fraction of sp³-hybridized carbons (Fsp3) is 1.00. The van der Waals surface area contributed by atoms with Crippen molar-refractivity contribution in [2.75, 3.05) is 6.61 Å². The number of hydrogen-bond acceptors (Lipinski definition) is 2. The van der Waals surface area contributed by atoms with Crippen LogP contribution in [0.25, 0.3) is 0 Å². The minimum Gasteiger partial charge on any atom is -0.394 e. The van der Waals surface area contributed by atoms with Gasteiger partial charge in [-0.05, 0) is 43.7 Å². The van der Waals surface area contributed by atoms with E-state index in [-0.39, 0.29) is 0 Å². The second kappa shape index (κ2) is 22.9. The van der Waals surface area contributed by atoms with Crippen molar-refractivity contribution in [1.82, 2.24) is 0 Å². The van der Waals surface area contributed by atoms with E-state index in [0.717, 1.165) is 31.0 Å². The van der Waals surface area contributed by atoms with Gasteiger partial charge in [-0.2, -0.15) is 0 Å². The minimum absolute atomic E-state index is 0.397. The first-order valence-electron chi connectivity index (χ1n) is 14.9. The van der Waals surface area contributed by atoms with Crippen LogP contribution in [0.4, 0.5) is 0 Å². The third kappa shape index (κ3) is 16.7. The van der Waals surface area contributed by atoms with Gasteiger partial charge in [-0.3, -0.25) is 0 Å². The normalized spacial score (nSPS) is 13.2. The van der Waals surface area contributed by atoms with Crippen LogP contribution in [0.2, 0.25) is 12.1 Å². The van der Waals surface area contributed by atoms with Gasteiger partial charge in [-0.25, -0.2) is 0 Å². The average Bonchev–Trinajstić information content (AvgIpc) is 2.83. The summed E-state index contributed by atoms with van der Waals surface area (Å²) < 4.78 is 13.3. The Balaban J connectivity index is 3.92. The average molecular weight is 471 g/mol. The Kier molecular flexibility index (Phi) is 23.0. The molecule has 0 heterocycles. The van der Waals surface area contributed by atoms with Crippen molar-refractivity contribution in [2.24, 2.45) is 5.92 Å². The van der Waals surface area contributed by atoms with E-state index in [0.29, 0.717) is 6.10 Å². The highest BCUT2D eigenvalue weighted by Gasteiger charge is 2.36. The summed E-state index contributed by atoms with van der Waals surface area (Å²) in [4.78, 5) is 0. The van der Waals surface area contributed by atoms with Gasteiger partial charge in [-0.1, -0.05) is 131 Å². The standard InChI is InChI=1S/C29H62O2Si/c1-7-13-14-15-16-17-18-19-20-21-22-23-24-27-30-32(11-5,12-6)31-29(10-4)26-25-28(8-2)9-3/h28-29H,7-27H2,1-6H3. The molecule has 0 amide bonds. The molecule has 2 nitrogen and oxygen atoms in total. The molecule has 0 saturated heterocycles. The van der Waals surface area contributed by atoms with Gasteiger partial charge in [0.2, 0.25) is 0 Å². The predicted molar refractivity (Wildman–Crippen MR) is 147 cm³/mol. The van der Waals surface area contributed by atoms with Crippen LogP contribution in [0.3, 0.4) is 0 Å². The van der Waals surface area contributed by atoms with E-state index < -0.39 is 8.56 Å². The number of unbranched alkanes of at least 4 members (excludes halogenated alkanes) is 12. The van der Waals surface area contributed by atoms with Crippen molar-refractivity contribution in [1.29, 1.82) is 0 Å². The molecule has 1 unspecified atom stereocenters. The molecule has 0 bridgehead atoms. The highest BCUT2D eigenvalue weighted by Crippen LogP contribution is 2.26. The number of hydrogen-bond donors (Lipinski definition) is 0. The van der Waals surface area contributed by atoms with Crippen molar-refractivity contribution in [3.63, 3.8) is 0 Å². The van der Waals surface area contributed by atoms with Crippen molar-refractivity contribution in [3.8, 4) is 0 Å². The molecule has 0 aliphatic carbocycles. The van der Waals surface area contributed by atoms with Crippen LogP contribution in [-0.2, 0) is 8.85 Å². The maximum absolute atomic E-state index is 6.76. The van der Waals surface area contributed by atoms with E-state index in [1.165, 1.54) is 109 Å². The van der Waals surface area contributed by atoms with Crippen LogP contribution < -0.4 is 0 Å². The lowest BCUT2D eigenvalue weighted by Gasteiger charge is -2.33. The molecule has 0 N–H and O–H groups in total. The molecule has 32 heavy (non-hydrogen) atoms. The molecule has 1 atom stereocenters.